The summed E-state index contributed by atoms with van der Waals surface area (Å²) in [5.74, 6) is 0.198. The number of hydrogen-bond donors (Lipinski definition) is 0. The molecule has 27 heavy (non-hydrogen) atoms. The zero-order valence-electron chi connectivity index (χ0n) is 15.6. The van der Waals surface area contributed by atoms with Gasteiger partial charge in [-0.05, 0) is 49.6 Å². The number of fused-ring (bicyclic) bond motifs is 1. The van der Waals surface area contributed by atoms with E-state index in [0.29, 0.717) is 30.2 Å². The molecule has 6 nitrogen and oxygen atoms in total. The maximum atomic E-state index is 12.6. The van der Waals surface area contributed by atoms with Crippen LogP contribution in [-0.2, 0) is 16.0 Å². The van der Waals surface area contributed by atoms with Crippen LogP contribution in [0.25, 0.3) is 0 Å². The van der Waals surface area contributed by atoms with Crippen molar-refractivity contribution in [1.82, 2.24) is 0 Å². The van der Waals surface area contributed by atoms with Crippen LogP contribution < -0.4 is 14.4 Å². The average Bonchev–Trinajstić information content (AvgIpc) is 2.71. The number of carbonyl (C=O) groups excluding carboxylic acids is 2. The second-order valence-corrected chi connectivity index (χ2v) is 6.15. The van der Waals surface area contributed by atoms with Gasteiger partial charge in [-0.15, -0.1) is 0 Å². The van der Waals surface area contributed by atoms with Crippen LogP contribution in [0.15, 0.2) is 42.5 Å². The molecule has 142 valence electrons. The van der Waals surface area contributed by atoms with Crippen molar-refractivity contribution in [2.75, 3.05) is 31.8 Å². The Labute approximate surface area is 158 Å². The Morgan fingerprint density at radius 1 is 1.11 bits per heavy atom. The molecule has 3 rings (SSSR count). The number of anilines is 1. The summed E-state index contributed by atoms with van der Waals surface area (Å²) in [5.41, 5.74) is 2.34. The van der Waals surface area contributed by atoms with Crippen molar-refractivity contribution in [1.29, 1.82) is 0 Å². The van der Waals surface area contributed by atoms with Crippen LogP contribution >= 0.6 is 0 Å². The highest BCUT2D eigenvalue weighted by Crippen LogP contribution is 2.29. The van der Waals surface area contributed by atoms with Gasteiger partial charge < -0.3 is 19.1 Å². The third kappa shape index (κ3) is 4.22. The Bertz CT molecular complexity index is 833. The van der Waals surface area contributed by atoms with E-state index in [1.165, 1.54) is 7.11 Å². The van der Waals surface area contributed by atoms with Crippen LogP contribution in [0.1, 0.15) is 29.3 Å². The lowest BCUT2D eigenvalue weighted by Gasteiger charge is -2.29. The molecular weight excluding hydrogens is 346 g/mol. The highest BCUT2D eigenvalue weighted by molar-refractivity contribution is 5.98. The van der Waals surface area contributed by atoms with Crippen molar-refractivity contribution < 1.29 is 23.8 Å². The Kier molecular flexibility index (Phi) is 5.96. The topological polar surface area (TPSA) is 65.1 Å². The average molecular weight is 369 g/mol. The van der Waals surface area contributed by atoms with Crippen LogP contribution in [0.2, 0.25) is 0 Å². The van der Waals surface area contributed by atoms with E-state index in [4.69, 9.17) is 14.2 Å². The largest absolute Gasteiger partial charge is 0.493 e. The number of para-hydroxylation sites is 1. The standard InChI is InChI=1S/C21H23NO5/c1-3-26-18-11-10-16(13-19(18)25-2)21(24)27-14-20(23)22-12-6-8-15-7-4-5-9-17(15)22/h4-5,7,9-11,13H,3,6,8,12,14H2,1-2H3. The number of rotatable bonds is 6. The fourth-order valence-electron chi connectivity index (χ4n) is 3.15. The number of carbonyl (C=O) groups is 2. The molecule has 6 heteroatoms. The van der Waals surface area contributed by atoms with Gasteiger partial charge in [0.1, 0.15) is 0 Å². The van der Waals surface area contributed by atoms with Gasteiger partial charge in [-0.25, -0.2) is 4.79 Å². The first-order chi connectivity index (χ1) is 13.1. The number of nitrogens with zero attached hydrogens (tertiary/aromatic N) is 1. The zero-order chi connectivity index (χ0) is 19.2. The van der Waals surface area contributed by atoms with Gasteiger partial charge in [0.05, 0.1) is 19.3 Å². The van der Waals surface area contributed by atoms with Gasteiger partial charge in [0, 0.05) is 12.2 Å². The monoisotopic (exact) mass is 369 g/mol. The van der Waals surface area contributed by atoms with Gasteiger partial charge in [-0.1, -0.05) is 18.2 Å². The molecule has 2 aromatic carbocycles. The van der Waals surface area contributed by atoms with Crippen LogP contribution in [0.4, 0.5) is 5.69 Å². The minimum Gasteiger partial charge on any atom is -0.493 e. The molecule has 0 aliphatic carbocycles. The fourth-order valence-corrected chi connectivity index (χ4v) is 3.15. The van der Waals surface area contributed by atoms with Crippen molar-refractivity contribution in [2.24, 2.45) is 0 Å². The number of ether oxygens (including phenoxy) is 3. The Morgan fingerprint density at radius 3 is 2.70 bits per heavy atom. The normalized spacial score (nSPS) is 12.9. The van der Waals surface area contributed by atoms with Crippen molar-refractivity contribution in [3.05, 3.63) is 53.6 Å². The van der Waals surface area contributed by atoms with E-state index in [-0.39, 0.29) is 12.5 Å². The van der Waals surface area contributed by atoms with Crippen LogP contribution in [-0.4, -0.2) is 38.7 Å². The maximum Gasteiger partial charge on any atom is 0.338 e. The lowest BCUT2D eigenvalue weighted by molar-refractivity contribution is -0.121. The van der Waals surface area contributed by atoms with Gasteiger partial charge in [-0.2, -0.15) is 0 Å². The first-order valence-corrected chi connectivity index (χ1v) is 9.00. The molecular formula is C21H23NO5. The van der Waals surface area contributed by atoms with Crippen molar-refractivity contribution in [2.45, 2.75) is 19.8 Å². The van der Waals surface area contributed by atoms with Crippen LogP contribution in [0.3, 0.4) is 0 Å². The van der Waals surface area contributed by atoms with Gasteiger partial charge >= 0.3 is 5.97 Å². The lowest BCUT2D eigenvalue weighted by atomic mass is 10.0. The molecule has 0 saturated carbocycles. The highest BCUT2D eigenvalue weighted by atomic mass is 16.5. The maximum absolute atomic E-state index is 12.6. The number of esters is 1. The quantitative estimate of drug-likeness (QED) is 0.732. The van der Waals surface area contributed by atoms with E-state index >= 15 is 0 Å². The Balaban J connectivity index is 1.65. The molecule has 0 aromatic heterocycles. The van der Waals surface area contributed by atoms with Gasteiger partial charge in [-0.3, -0.25) is 4.79 Å². The lowest BCUT2D eigenvalue weighted by Crippen LogP contribution is -2.38. The van der Waals surface area contributed by atoms with Gasteiger partial charge in [0.25, 0.3) is 5.91 Å². The molecule has 2 aromatic rings. The highest BCUT2D eigenvalue weighted by Gasteiger charge is 2.23. The SMILES string of the molecule is CCOc1ccc(C(=O)OCC(=O)N2CCCc3ccccc32)cc1OC. The molecule has 0 N–H and O–H groups in total. The Morgan fingerprint density at radius 2 is 1.93 bits per heavy atom. The molecule has 0 atom stereocenters. The van der Waals surface area contributed by atoms with Crippen molar-refractivity contribution >= 4 is 17.6 Å². The van der Waals surface area contributed by atoms with Crippen LogP contribution in [0, 0.1) is 0 Å². The molecule has 1 aliphatic heterocycles. The summed E-state index contributed by atoms with van der Waals surface area (Å²) in [7, 11) is 1.50. The van der Waals surface area contributed by atoms with Crippen molar-refractivity contribution in [3.8, 4) is 11.5 Å². The molecule has 0 radical (unpaired) electrons. The minimum atomic E-state index is -0.574. The number of amides is 1. The smallest absolute Gasteiger partial charge is 0.338 e. The second-order valence-electron chi connectivity index (χ2n) is 6.15. The molecule has 0 saturated heterocycles. The van der Waals surface area contributed by atoms with E-state index in [9.17, 15) is 9.59 Å². The molecule has 0 fully saturated rings. The summed E-state index contributed by atoms with van der Waals surface area (Å²) in [5, 5.41) is 0. The van der Waals surface area contributed by atoms with E-state index in [0.717, 1.165) is 24.1 Å². The van der Waals surface area contributed by atoms with Crippen molar-refractivity contribution in [3.63, 3.8) is 0 Å². The summed E-state index contributed by atoms with van der Waals surface area (Å²) < 4.78 is 15.9. The minimum absolute atomic E-state index is 0.228. The summed E-state index contributed by atoms with van der Waals surface area (Å²) in [6, 6.07) is 12.6. The van der Waals surface area contributed by atoms with Gasteiger partial charge in [0.2, 0.25) is 0 Å². The fraction of sp³-hybridized carbons (Fsp3) is 0.333. The summed E-state index contributed by atoms with van der Waals surface area (Å²) >= 11 is 0. The number of methoxy groups -OCH3 is 1. The Hall–Kier alpha value is -3.02. The second kappa shape index (κ2) is 8.58. The predicted octanol–water partition coefficient (Wildman–Crippen LogP) is 3.23. The van der Waals surface area contributed by atoms with E-state index in [1.54, 1.807) is 23.1 Å². The number of hydrogen-bond acceptors (Lipinski definition) is 5. The zero-order valence-corrected chi connectivity index (χ0v) is 15.6. The molecule has 0 unspecified atom stereocenters. The van der Waals surface area contributed by atoms with Crippen LogP contribution in [0.5, 0.6) is 11.5 Å². The van der Waals surface area contributed by atoms with Gasteiger partial charge in [0.15, 0.2) is 18.1 Å². The summed E-state index contributed by atoms with van der Waals surface area (Å²) in [4.78, 5) is 26.6. The third-order valence-corrected chi connectivity index (χ3v) is 4.44. The number of aryl methyl sites for hydroxylation is 1. The molecule has 1 heterocycles. The molecule has 1 amide bonds. The first-order valence-electron chi connectivity index (χ1n) is 9.00. The van der Waals surface area contributed by atoms with E-state index in [1.807, 2.05) is 31.2 Å². The summed E-state index contributed by atoms with van der Waals surface area (Å²) in [6.07, 6.45) is 1.85. The first kappa shape index (κ1) is 18.8. The molecule has 0 spiro atoms. The van der Waals surface area contributed by atoms with E-state index in [2.05, 4.69) is 0 Å². The summed E-state index contributed by atoms with van der Waals surface area (Å²) in [6.45, 7) is 2.69. The van der Waals surface area contributed by atoms with E-state index < -0.39 is 5.97 Å². The molecule has 1 aliphatic rings. The third-order valence-electron chi connectivity index (χ3n) is 4.44. The molecule has 0 bridgehead atoms. The number of benzene rings is 2. The predicted molar refractivity (Wildman–Crippen MR) is 102 cm³/mol.